The lowest BCUT2D eigenvalue weighted by atomic mass is 10.1. The Morgan fingerprint density at radius 1 is 0.964 bits per heavy atom. The Kier molecular flexibility index (Phi) is 4.91. The molecule has 3 aromatic rings. The zero-order chi connectivity index (χ0) is 19.8. The van der Waals surface area contributed by atoms with Crippen LogP contribution in [0.5, 0.6) is 0 Å². The van der Waals surface area contributed by atoms with Gasteiger partial charge in [0.25, 0.3) is 11.8 Å². The van der Waals surface area contributed by atoms with Crippen molar-refractivity contribution in [2.24, 2.45) is 0 Å². The van der Waals surface area contributed by atoms with Crippen molar-refractivity contribution >= 4 is 56.0 Å². The van der Waals surface area contributed by atoms with E-state index in [4.69, 9.17) is 0 Å². The predicted octanol–water partition coefficient (Wildman–Crippen LogP) is 5.52. The van der Waals surface area contributed by atoms with Crippen LogP contribution in [0, 0.1) is 13.8 Å². The number of rotatable bonds is 4. The second-order valence-corrected chi connectivity index (χ2v) is 8.46. The highest BCUT2D eigenvalue weighted by molar-refractivity contribution is 9.10. The normalized spacial score (nSPS) is 14.2. The van der Waals surface area contributed by atoms with Crippen LogP contribution in [0.25, 0.3) is 5.57 Å². The van der Waals surface area contributed by atoms with Crippen LogP contribution in [0.1, 0.15) is 16.0 Å². The molecule has 0 saturated carbocycles. The van der Waals surface area contributed by atoms with E-state index in [0.717, 1.165) is 26.2 Å². The molecule has 2 heterocycles. The van der Waals surface area contributed by atoms with E-state index in [0.29, 0.717) is 17.0 Å². The fourth-order valence-corrected chi connectivity index (χ4v) is 4.39. The van der Waals surface area contributed by atoms with Gasteiger partial charge < -0.3 is 5.32 Å². The van der Waals surface area contributed by atoms with Crippen LogP contribution < -0.4 is 10.2 Å². The summed E-state index contributed by atoms with van der Waals surface area (Å²) in [4.78, 5) is 28.5. The van der Waals surface area contributed by atoms with Gasteiger partial charge in [0.05, 0.1) is 11.3 Å². The van der Waals surface area contributed by atoms with E-state index in [2.05, 4.69) is 21.2 Å². The predicted molar refractivity (Wildman–Crippen MR) is 117 cm³/mol. The molecule has 140 valence electrons. The summed E-state index contributed by atoms with van der Waals surface area (Å²) in [5.74, 6) is -0.677. The summed E-state index contributed by atoms with van der Waals surface area (Å²) in [6, 6.07) is 16.9. The maximum absolute atomic E-state index is 13.3. The Labute approximate surface area is 175 Å². The number of halogens is 1. The number of carbonyl (C=O) groups is 2. The first-order chi connectivity index (χ1) is 13.5. The van der Waals surface area contributed by atoms with Crippen molar-refractivity contribution < 1.29 is 9.59 Å². The Hall–Kier alpha value is -2.70. The number of amides is 2. The lowest BCUT2D eigenvalue weighted by Gasteiger charge is -2.16. The van der Waals surface area contributed by atoms with Gasteiger partial charge in [0, 0.05) is 15.0 Å². The number of imide groups is 1. The minimum absolute atomic E-state index is 0.305. The van der Waals surface area contributed by atoms with E-state index in [1.165, 1.54) is 16.2 Å². The summed E-state index contributed by atoms with van der Waals surface area (Å²) < 4.78 is 0.805. The summed E-state index contributed by atoms with van der Waals surface area (Å²) >= 11 is 4.85. The zero-order valence-corrected chi connectivity index (χ0v) is 17.7. The lowest BCUT2D eigenvalue weighted by molar-refractivity contribution is -0.120. The standard InChI is InChI=1S/C22H17BrN2O2S/c1-13-8-9-17(14(2)11-13)24-20-19(18-7-4-10-28-18)21(26)25(22(20)27)16-6-3-5-15(23)12-16/h3-12,24H,1-2H3. The van der Waals surface area contributed by atoms with Crippen molar-refractivity contribution in [3.05, 3.63) is 86.2 Å². The highest BCUT2D eigenvalue weighted by Gasteiger charge is 2.40. The second kappa shape index (κ2) is 7.37. The van der Waals surface area contributed by atoms with Crippen molar-refractivity contribution in [1.29, 1.82) is 0 Å². The van der Waals surface area contributed by atoms with E-state index in [-0.39, 0.29) is 11.8 Å². The molecule has 0 unspecified atom stereocenters. The van der Waals surface area contributed by atoms with Gasteiger partial charge in [0.15, 0.2) is 0 Å². The quantitative estimate of drug-likeness (QED) is 0.529. The highest BCUT2D eigenvalue weighted by atomic mass is 79.9. The van der Waals surface area contributed by atoms with Crippen LogP contribution >= 0.6 is 27.3 Å². The molecule has 1 aromatic heterocycles. The summed E-state index contributed by atoms with van der Waals surface area (Å²) in [5.41, 5.74) is 4.21. The zero-order valence-electron chi connectivity index (χ0n) is 15.3. The highest BCUT2D eigenvalue weighted by Crippen LogP contribution is 2.36. The largest absolute Gasteiger partial charge is 0.350 e. The summed E-state index contributed by atoms with van der Waals surface area (Å²) in [7, 11) is 0. The average molecular weight is 453 g/mol. The molecule has 0 saturated heterocycles. The monoisotopic (exact) mass is 452 g/mol. The van der Waals surface area contributed by atoms with E-state index < -0.39 is 0 Å². The van der Waals surface area contributed by atoms with Crippen LogP contribution in [0.4, 0.5) is 11.4 Å². The average Bonchev–Trinajstić information content (AvgIpc) is 3.24. The summed E-state index contributed by atoms with van der Waals surface area (Å²) in [6.07, 6.45) is 0. The summed E-state index contributed by atoms with van der Waals surface area (Å²) in [5, 5.41) is 5.13. The molecule has 1 aliphatic rings. The van der Waals surface area contributed by atoms with Gasteiger partial charge in [-0.1, -0.05) is 45.8 Å². The third-order valence-corrected chi connectivity index (χ3v) is 5.94. The molecule has 6 heteroatoms. The molecule has 28 heavy (non-hydrogen) atoms. The first-order valence-corrected chi connectivity index (χ1v) is 10.4. The van der Waals surface area contributed by atoms with Crippen LogP contribution in [0.3, 0.4) is 0 Å². The minimum atomic E-state index is -0.355. The topological polar surface area (TPSA) is 49.4 Å². The fourth-order valence-electron chi connectivity index (χ4n) is 3.23. The first kappa shape index (κ1) is 18.7. The van der Waals surface area contributed by atoms with Gasteiger partial charge in [-0.2, -0.15) is 0 Å². The molecule has 1 aliphatic heterocycles. The third kappa shape index (κ3) is 3.30. The van der Waals surface area contributed by atoms with Gasteiger partial charge in [-0.25, -0.2) is 4.90 Å². The molecule has 0 atom stereocenters. The van der Waals surface area contributed by atoms with E-state index in [1.54, 1.807) is 18.2 Å². The van der Waals surface area contributed by atoms with Crippen molar-refractivity contribution in [3.63, 3.8) is 0 Å². The van der Waals surface area contributed by atoms with E-state index in [1.807, 2.05) is 55.6 Å². The van der Waals surface area contributed by atoms with Crippen molar-refractivity contribution in [3.8, 4) is 0 Å². The maximum atomic E-state index is 13.3. The number of nitrogens with zero attached hydrogens (tertiary/aromatic N) is 1. The van der Waals surface area contributed by atoms with Gasteiger partial charge >= 0.3 is 0 Å². The van der Waals surface area contributed by atoms with Crippen LogP contribution in [0.2, 0.25) is 0 Å². The fraction of sp³-hybridized carbons (Fsp3) is 0.0909. The van der Waals surface area contributed by atoms with Gasteiger partial charge in [0.1, 0.15) is 5.70 Å². The molecular formula is C22H17BrN2O2S. The number of carbonyl (C=O) groups excluding carboxylic acids is 2. The number of thiophene rings is 1. The third-order valence-electron chi connectivity index (χ3n) is 4.56. The van der Waals surface area contributed by atoms with Gasteiger partial charge in [0.2, 0.25) is 0 Å². The van der Waals surface area contributed by atoms with Gasteiger partial charge in [-0.05, 0) is 55.1 Å². The number of benzene rings is 2. The summed E-state index contributed by atoms with van der Waals surface area (Å²) in [6.45, 7) is 4.00. The SMILES string of the molecule is Cc1ccc(NC2=C(c3cccs3)C(=O)N(c3cccc(Br)c3)C2=O)c(C)c1. The van der Waals surface area contributed by atoms with Crippen LogP contribution in [-0.2, 0) is 9.59 Å². The molecule has 0 bridgehead atoms. The number of nitrogens with one attached hydrogen (secondary N) is 1. The number of aryl methyl sites for hydroxylation is 2. The maximum Gasteiger partial charge on any atom is 0.282 e. The first-order valence-electron chi connectivity index (χ1n) is 8.72. The number of hydrogen-bond acceptors (Lipinski definition) is 4. The van der Waals surface area contributed by atoms with E-state index in [9.17, 15) is 9.59 Å². The number of anilines is 2. The van der Waals surface area contributed by atoms with Gasteiger partial charge in [-0.3, -0.25) is 9.59 Å². The molecule has 4 rings (SSSR count). The molecule has 0 fully saturated rings. The Morgan fingerprint density at radius 2 is 1.79 bits per heavy atom. The van der Waals surface area contributed by atoms with Crippen molar-refractivity contribution in [2.45, 2.75) is 13.8 Å². The lowest BCUT2D eigenvalue weighted by Crippen LogP contribution is -2.32. The smallest absolute Gasteiger partial charge is 0.282 e. The Balaban J connectivity index is 1.82. The second-order valence-electron chi connectivity index (χ2n) is 6.60. The molecule has 1 N–H and O–H groups in total. The van der Waals surface area contributed by atoms with Gasteiger partial charge in [-0.15, -0.1) is 11.3 Å². The van der Waals surface area contributed by atoms with Crippen molar-refractivity contribution in [2.75, 3.05) is 10.2 Å². The Bertz CT molecular complexity index is 1120. The molecule has 4 nitrogen and oxygen atoms in total. The molecule has 0 spiro atoms. The number of hydrogen-bond donors (Lipinski definition) is 1. The molecule has 0 radical (unpaired) electrons. The molecule has 2 amide bonds. The van der Waals surface area contributed by atoms with Crippen molar-refractivity contribution in [1.82, 2.24) is 0 Å². The molecule has 0 aliphatic carbocycles. The minimum Gasteiger partial charge on any atom is -0.350 e. The molecule has 2 aromatic carbocycles. The van der Waals surface area contributed by atoms with Crippen LogP contribution in [0.15, 0.2) is 70.1 Å². The van der Waals surface area contributed by atoms with E-state index >= 15 is 0 Å². The molecular weight excluding hydrogens is 436 g/mol. The van der Waals surface area contributed by atoms with Crippen LogP contribution in [-0.4, -0.2) is 11.8 Å². The Morgan fingerprint density at radius 3 is 2.46 bits per heavy atom.